The van der Waals surface area contributed by atoms with Crippen LogP contribution in [0.15, 0.2) is 29.6 Å². The molecule has 2 aromatic rings. The number of thiophene rings is 1. The number of rotatable bonds is 8. The van der Waals surface area contributed by atoms with Crippen LogP contribution in [0.3, 0.4) is 0 Å². The number of nitrogens with zero attached hydrogens (tertiary/aromatic N) is 1. The van der Waals surface area contributed by atoms with Crippen LogP contribution in [-0.4, -0.2) is 31.1 Å². The number of methoxy groups -OCH3 is 1. The Morgan fingerprint density at radius 2 is 2.12 bits per heavy atom. The van der Waals surface area contributed by atoms with Gasteiger partial charge in [0.2, 0.25) is 0 Å². The Hall–Kier alpha value is -1.72. The lowest BCUT2D eigenvalue weighted by molar-refractivity contribution is 0.0753. The Morgan fingerprint density at radius 3 is 2.71 bits per heavy atom. The van der Waals surface area contributed by atoms with Crippen LogP contribution < -0.4 is 9.47 Å². The highest BCUT2D eigenvalue weighted by Gasteiger charge is 2.20. The third-order valence-electron chi connectivity index (χ3n) is 3.52. The van der Waals surface area contributed by atoms with Crippen LogP contribution in [0, 0.1) is 0 Å². The first-order valence-corrected chi connectivity index (χ1v) is 9.18. The number of ether oxygens (including phenoxy) is 2. The topological polar surface area (TPSA) is 38.8 Å². The van der Waals surface area contributed by atoms with Crippen LogP contribution in [0.25, 0.3) is 0 Å². The first kappa shape index (κ1) is 18.6. The summed E-state index contributed by atoms with van der Waals surface area (Å²) in [6, 6.07) is 7.35. The van der Waals surface area contributed by atoms with Gasteiger partial charge in [-0.25, -0.2) is 0 Å². The monoisotopic (exact) mass is 367 g/mol. The molecule has 0 fully saturated rings. The fourth-order valence-corrected chi connectivity index (χ4v) is 3.27. The van der Waals surface area contributed by atoms with Gasteiger partial charge in [0.15, 0.2) is 11.5 Å². The predicted octanol–water partition coefficient (Wildman–Crippen LogP) is 4.86. The van der Waals surface area contributed by atoms with E-state index in [1.165, 1.54) is 0 Å². The van der Waals surface area contributed by atoms with Crippen molar-refractivity contribution in [3.05, 3.63) is 45.1 Å². The summed E-state index contributed by atoms with van der Waals surface area (Å²) < 4.78 is 11.0. The molecule has 0 N–H and O–H groups in total. The molecule has 1 aromatic heterocycles. The summed E-state index contributed by atoms with van der Waals surface area (Å²) in [5.41, 5.74) is 0.499. The number of hydrogen-bond donors (Lipinski definition) is 0. The van der Waals surface area contributed by atoms with Crippen molar-refractivity contribution >= 4 is 28.8 Å². The van der Waals surface area contributed by atoms with Gasteiger partial charge in [0, 0.05) is 17.0 Å². The predicted molar refractivity (Wildman–Crippen MR) is 98.5 cm³/mol. The van der Waals surface area contributed by atoms with Crippen molar-refractivity contribution in [3.8, 4) is 11.5 Å². The second-order valence-corrected chi connectivity index (χ2v) is 6.68. The molecule has 0 radical (unpaired) electrons. The molecule has 0 aliphatic heterocycles. The van der Waals surface area contributed by atoms with Gasteiger partial charge in [0.1, 0.15) is 0 Å². The normalized spacial score (nSPS) is 10.5. The summed E-state index contributed by atoms with van der Waals surface area (Å²) in [5.74, 6) is 0.887. The van der Waals surface area contributed by atoms with Crippen molar-refractivity contribution < 1.29 is 14.3 Å². The molecule has 2 rings (SSSR count). The van der Waals surface area contributed by atoms with Crippen LogP contribution in [0.4, 0.5) is 0 Å². The van der Waals surface area contributed by atoms with E-state index in [0.29, 0.717) is 41.8 Å². The van der Waals surface area contributed by atoms with Crippen LogP contribution in [0.5, 0.6) is 11.5 Å². The largest absolute Gasteiger partial charge is 0.493 e. The summed E-state index contributed by atoms with van der Waals surface area (Å²) in [6.45, 7) is 5.72. The average molecular weight is 368 g/mol. The zero-order valence-corrected chi connectivity index (χ0v) is 15.7. The molecule has 0 saturated heterocycles. The quantitative estimate of drug-likeness (QED) is 0.668. The second kappa shape index (κ2) is 8.94. The second-order valence-electron chi connectivity index (χ2n) is 5.24. The highest BCUT2D eigenvalue weighted by Crippen LogP contribution is 2.37. The van der Waals surface area contributed by atoms with E-state index in [1.54, 1.807) is 35.5 Å². The Balaban J connectivity index is 2.26. The Bertz CT molecular complexity index is 673. The standard InChI is InChI=1S/C18H22ClNO3S/c1-4-8-23-17-15(19)10-13(11-16(17)22-3)18(21)20(5-2)12-14-7-6-9-24-14/h6-7,9-11H,4-5,8,12H2,1-3H3. The summed E-state index contributed by atoms with van der Waals surface area (Å²) in [7, 11) is 1.54. The minimum atomic E-state index is -0.0758. The maximum atomic E-state index is 12.8. The van der Waals surface area contributed by atoms with E-state index in [-0.39, 0.29) is 5.91 Å². The molecule has 0 aliphatic carbocycles. The van der Waals surface area contributed by atoms with Crippen LogP contribution >= 0.6 is 22.9 Å². The Kier molecular flexibility index (Phi) is 6.94. The van der Waals surface area contributed by atoms with E-state index in [1.807, 2.05) is 31.4 Å². The molecule has 24 heavy (non-hydrogen) atoms. The van der Waals surface area contributed by atoms with Gasteiger partial charge in [-0.2, -0.15) is 0 Å². The highest BCUT2D eigenvalue weighted by atomic mass is 35.5. The molecule has 4 nitrogen and oxygen atoms in total. The van der Waals surface area contributed by atoms with Crippen molar-refractivity contribution in [3.63, 3.8) is 0 Å². The number of amides is 1. The van der Waals surface area contributed by atoms with Crippen molar-refractivity contribution in [2.24, 2.45) is 0 Å². The lowest BCUT2D eigenvalue weighted by Gasteiger charge is -2.21. The number of benzene rings is 1. The fraction of sp³-hybridized carbons (Fsp3) is 0.389. The Morgan fingerprint density at radius 1 is 1.33 bits per heavy atom. The molecule has 0 aliphatic rings. The third-order valence-corrected chi connectivity index (χ3v) is 4.66. The van der Waals surface area contributed by atoms with Gasteiger partial charge < -0.3 is 14.4 Å². The number of hydrogen-bond acceptors (Lipinski definition) is 4. The third kappa shape index (κ3) is 4.42. The molecular formula is C18H22ClNO3S. The summed E-state index contributed by atoms with van der Waals surface area (Å²) in [4.78, 5) is 15.7. The van der Waals surface area contributed by atoms with Gasteiger partial charge in [-0.05, 0) is 36.9 Å². The molecule has 0 atom stereocenters. The minimum absolute atomic E-state index is 0.0758. The van der Waals surface area contributed by atoms with Crippen molar-refractivity contribution in [2.75, 3.05) is 20.3 Å². The van der Waals surface area contributed by atoms with Gasteiger partial charge in [-0.3, -0.25) is 4.79 Å². The summed E-state index contributed by atoms with van der Waals surface area (Å²) >= 11 is 7.95. The lowest BCUT2D eigenvalue weighted by Crippen LogP contribution is -2.30. The van der Waals surface area contributed by atoms with Crippen LogP contribution in [0.1, 0.15) is 35.5 Å². The first-order chi connectivity index (χ1) is 11.6. The fourth-order valence-electron chi connectivity index (χ4n) is 2.29. The molecule has 130 valence electrons. The highest BCUT2D eigenvalue weighted by molar-refractivity contribution is 7.09. The van der Waals surface area contributed by atoms with E-state index < -0.39 is 0 Å². The maximum Gasteiger partial charge on any atom is 0.254 e. The van der Waals surface area contributed by atoms with Crippen molar-refractivity contribution in [1.82, 2.24) is 4.90 Å². The molecule has 1 aromatic carbocycles. The molecule has 0 spiro atoms. The van der Waals surface area contributed by atoms with Crippen LogP contribution in [-0.2, 0) is 6.54 Å². The maximum absolute atomic E-state index is 12.8. The number of halogens is 1. The zero-order valence-electron chi connectivity index (χ0n) is 14.2. The molecule has 1 amide bonds. The van der Waals surface area contributed by atoms with Crippen molar-refractivity contribution in [1.29, 1.82) is 0 Å². The first-order valence-electron chi connectivity index (χ1n) is 7.92. The van der Waals surface area contributed by atoms with Gasteiger partial charge in [0.25, 0.3) is 5.91 Å². The molecule has 0 bridgehead atoms. The SMILES string of the molecule is CCCOc1c(Cl)cc(C(=O)N(CC)Cc2cccs2)cc1OC. The molecule has 6 heteroatoms. The molecular weight excluding hydrogens is 346 g/mol. The molecule has 0 saturated carbocycles. The van der Waals surface area contributed by atoms with E-state index in [4.69, 9.17) is 21.1 Å². The minimum Gasteiger partial charge on any atom is -0.493 e. The van der Waals surface area contributed by atoms with E-state index in [9.17, 15) is 4.79 Å². The summed E-state index contributed by atoms with van der Waals surface area (Å²) in [6.07, 6.45) is 0.866. The average Bonchev–Trinajstić information content (AvgIpc) is 3.10. The number of carbonyl (C=O) groups is 1. The molecule has 1 heterocycles. The van der Waals surface area contributed by atoms with Gasteiger partial charge in [0.05, 0.1) is 25.3 Å². The zero-order chi connectivity index (χ0) is 17.5. The van der Waals surface area contributed by atoms with E-state index in [0.717, 1.165) is 11.3 Å². The van der Waals surface area contributed by atoms with Gasteiger partial charge in [-0.1, -0.05) is 24.6 Å². The lowest BCUT2D eigenvalue weighted by atomic mass is 10.1. The van der Waals surface area contributed by atoms with E-state index in [2.05, 4.69) is 0 Å². The Labute approximate surface area is 152 Å². The summed E-state index contributed by atoms with van der Waals surface area (Å²) in [5, 5.41) is 2.39. The van der Waals surface area contributed by atoms with E-state index >= 15 is 0 Å². The van der Waals surface area contributed by atoms with Crippen molar-refractivity contribution in [2.45, 2.75) is 26.8 Å². The van der Waals surface area contributed by atoms with Gasteiger partial charge >= 0.3 is 0 Å². The van der Waals surface area contributed by atoms with Gasteiger partial charge in [-0.15, -0.1) is 11.3 Å². The number of carbonyl (C=O) groups excluding carboxylic acids is 1. The smallest absolute Gasteiger partial charge is 0.254 e. The molecule has 0 unspecified atom stereocenters. The van der Waals surface area contributed by atoms with Crippen LogP contribution in [0.2, 0.25) is 5.02 Å².